The molecule has 2 aromatic rings. The van der Waals surface area contributed by atoms with Crippen LogP contribution >= 0.6 is 0 Å². The first kappa shape index (κ1) is 13.2. The Bertz CT molecular complexity index is 671. The molecular formula is C11H11N5O2S. The number of nitrogens with zero attached hydrogens (tertiary/aromatic N) is 4. The molecule has 7 nitrogen and oxygen atoms in total. The standard InChI is InChI=1S/C11H11N5O2S/c12-9-10-1-3-11(4-2-10)19(17,18)14-6-8-16-7-5-13-15-16/h1-5,7,14H,6,8H2. The van der Waals surface area contributed by atoms with Gasteiger partial charge in [0.1, 0.15) is 0 Å². The minimum absolute atomic E-state index is 0.130. The number of hydrogen-bond acceptors (Lipinski definition) is 5. The van der Waals surface area contributed by atoms with Gasteiger partial charge in [-0.15, -0.1) is 5.10 Å². The monoisotopic (exact) mass is 277 g/mol. The first-order chi connectivity index (χ1) is 9.12. The average Bonchev–Trinajstić information content (AvgIpc) is 2.92. The highest BCUT2D eigenvalue weighted by molar-refractivity contribution is 7.89. The van der Waals surface area contributed by atoms with Crippen LogP contribution in [0.25, 0.3) is 0 Å². The van der Waals surface area contributed by atoms with E-state index in [1.165, 1.54) is 35.1 Å². The summed E-state index contributed by atoms with van der Waals surface area (Å²) < 4.78 is 27.8. The number of rotatable bonds is 5. The molecule has 19 heavy (non-hydrogen) atoms. The lowest BCUT2D eigenvalue weighted by molar-refractivity contribution is 0.553. The number of aromatic nitrogens is 3. The summed E-state index contributed by atoms with van der Waals surface area (Å²) >= 11 is 0. The molecule has 0 aliphatic rings. The molecule has 1 N–H and O–H groups in total. The topological polar surface area (TPSA) is 101 Å². The Labute approximate surface area is 110 Å². The molecule has 0 atom stereocenters. The molecule has 0 aliphatic heterocycles. The maximum atomic E-state index is 11.9. The second-order valence-electron chi connectivity index (χ2n) is 3.70. The molecule has 0 bridgehead atoms. The van der Waals surface area contributed by atoms with Crippen LogP contribution in [0.5, 0.6) is 0 Å². The zero-order chi connectivity index (χ0) is 13.7. The third kappa shape index (κ3) is 3.37. The van der Waals surface area contributed by atoms with Crippen molar-refractivity contribution in [1.82, 2.24) is 19.7 Å². The molecule has 0 radical (unpaired) electrons. The lowest BCUT2D eigenvalue weighted by Crippen LogP contribution is -2.27. The molecule has 0 spiro atoms. The molecule has 2 rings (SSSR count). The molecule has 98 valence electrons. The average molecular weight is 277 g/mol. The summed E-state index contributed by atoms with van der Waals surface area (Å²) in [6, 6.07) is 7.66. The second kappa shape index (κ2) is 5.60. The van der Waals surface area contributed by atoms with E-state index >= 15 is 0 Å². The summed E-state index contributed by atoms with van der Waals surface area (Å²) in [4.78, 5) is 0.130. The van der Waals surface area contributed by atoms with Crippen molar-refractivity contribution in [3.8, 4) is 6.07 Å². The molecule has 8 heteroatoms. The molecule has 1 heterocycles. The van der Waals surface area contributed by atoms with Crippen molar-refractivity contribution >= 4 is 10.0 Å². The summed E-state index contributed by atoms with van der Waals surface area (Å²) in [6.45, 7) is 0.612. The van der Waals surface area contributed by atoms with Crippen LogP contribution < -0.4 is 4.72 Å². The van der Waals surface area contributed by atoms with Crippen LogP contribution in [0.2, 0.25) is 0 Å². The molecule has 0 aliphatic carbocycles. The molecule has 0 saturated carbocycles. The van der Waals surface area contributed by atoms with Crippen LogP contribution in [0.3, 0.4) is 0 Å². The van der Waals surface area contributed by atoms with Gasteiger partial charge in [0.15, 0.2) is 0 Å². The molecule has 0 fully saturated rings. The van der Waals surface area contributed by atoms with Crippen molar-refractivity contribution in [1.29, 1.82) is 5.26 Å². The van der Waals surface area contributed by atoms with E-state index in [0.29, 0.717) is 12.1 Å². The fraction of sp³-hybridized carbons (Fsp3) is 0.182. The largest absolute Gasteiger partial charge is 0.251 e. The van der Waals surface area contributed by atoms with Gasteiger partial charge in [-0.3, -0.25) is 4.68 Å². The smallest absolute Gasteiger partial charge is 0.240 e. The van der Waals surface area contributed by atoms with Crippen LogP contribution in [0, 0.1) is 11.3 Å². The Morgan fingerprint density at radius 1 is 1.32 bits per heavy atom. The Kier molecular flexibility index (Phi) is 3.89. The van der Waals surface area contributed by atoms with E-state index in [9.17, 15) is 8.42 Å². The van der Waals surface area contributed by atoms with E-state index in [2.05, 4.69) is 15.0 Å². The van der Waals surface area contributed by atoms with E-state index in [-0.39, 0.29) is 11.4 Å². The highest BCUT2D eigenvalue weighted by Crippen LogP contribution is 2.09. The van der Waals surface area contributed by atoms with Crippen LogP contribution in [0.4, 0.5) is 0 Å². The Morgan fingerprint density at radius 2 is 2.05 bits per heavy atom. The number of benzene rings is 1. The lowest BCUT2D eigenvalue weighted by atomic mass is 10.2. The van der Waals surface area contributed by atoms with Gasteiger partial charge >= 0.3 is 0 Å². The van der Waals surface area contributed by atoms with Gasteiger partial charge in [0, 0.05) is 12.7 Å². The van der Waals surface area contributed by atoms with Crippen LogP contribution in [-0.4, -0.2) is 30.0 Å². The van der Waals surface area contributed by atoms with E-state index in [0.717, 1.165) is 0 Å². The van der Waals surface area contributed by atoms with E-state index in [1.807, 2.05) is 6.07 Å². The van der Waals surface area contributed by atoms with Crippen molar-refractivity contribution in [2.45, 2.75) is 11.4 Å². The van der Waals surface area contributed by atoms with E-state index in [4.69, 9.17) is 5.26 Å². The SMILES string of the molecule is N#Cc1ccc(S(=O)(=O)NCCn2ccnn2)cc1. The summed E-state index contributed by atoms with van der Waals surface area (Å²) in [5.74, 6) is 0. The minimum Gasteiger partial charge on any atom is -0.251 e. The fourth-order valence-corrected chi connectivity index (χ4v) is 2.46. The van der Waals surface area contributed by atoms with Gasteiger partial charge in [-0.05, 0) is 24.3 Å². The number of nitriles is 1. The van der Waals surface area contributed by atoms with Crippen LogP contribution in [-0.2, 0) is 16.6 Å². The number of sulfonamides is 1. The van der Waals surface area contributed by atoms with Crippen molar-refractivity contribution in [2.24, 2.45) is 0 Å². The molecule has 1 aromatic heterocycles. The highest BCUT2D eigenvalue weighted by Gasteiger charge is 2.12. The van der Waals surface area contributed by atoms with Gasteiger partial charge in [0.25, 0.3) is 0 Å². The zero-order valence-electron chi connectivity index (χ0n) is 9.89. The first-order valence-electron chi connectivity index (χ1n) is 5.46. The predicted molar refractivity (Wildman–Crippen MR) is 66.4 cm³/mol. The Balaban J connectivity index is 1.99. The Hall–Kier alpha value is -2.24. The number of hydrogen-bond donors (Lipinski definition) is 1. The van der Waals surface area contributed by atoms with Crippen LogP contribution in [0.1, 0.15) is 5.56 Å². The fourth-order valence-electron chi connectivity index (χ4n) is 1.44. The van der Waals surface area contributed by atoms with Gasteiger partial charge < -0.3 is 0 Å². The van der Waals surface area contributed by atoms with Crippen LogP contribution in [0.15, 0.2) is 41.6 Å². The maximum absolute atomic E-state index is 11.9. The first-order valence-corrected chi connectivity index (χ1v) is 6.94. The second-order valence-corrected chi connectivity index (χ2v) is 5.47. The Morgan fingerprint density at radius 3 is 2.63 bits per heavy atom. The van der Waals surface area contributed by atoms with Crippen molar-refractivity contribution < 1.29 is 8.42 Å². The molecule has 1 aromatic carbocycles. The summed E-state index contributed by atoms with van der Waals surface area (Å²) in [5.41, 5.74) is 0.418. The zero-order valence-corrected chi connectivity index (χ0v) is 10.7. The van der Waals surface area contributed by atoms with Gasteiger partial charge in [-0.1, -0.05) is 5.21 Å². The molecular weight excluding hydrogens is 266 g/mol. The lowest BCUT2D eigenvalue weighted by Gasteiger charge is -2.06. The predicted octanol–water partition coefficient (Wildman–Crippen LogP) is 0.128. The normalized spacial score (nSPS) is 11.1. The van der Waals surface area contributed by atoms with Crippen molar-refractivity contribution in [3.05, 3.63) is 42.2 Å². The third-order valence-corrected chi connectivity index (χ3v) is 3.88. The van der Waals surface area contributed by atoms with Gasteiger partial charge in [-0.2, -0.15) is 5.26 Å². The summed E-state index contributed by atoms with van der Waals surface area (Å²) in [5, 5.41) is 16.0. The molecule has 0 unspecified atom stereocenters. The molecule has 0 amide bonds. The summed E-state index contributed by atoms with van der Waals surface area (Å²) in [6.07, 6.45) is 3.17. The van der Waals surface area contributed by atoms with E-state index < -0.39 is 10.0 Å². The quantitative estimate of drug-likeness (QED) is 0.837. The summed E-state index contributed by atoms with van der Waals surface area (Å²) in [7, 11) is -3.56. The highest BCUT2D eigenvalue weighted by atomic mass is 32.2. The van der Waals surface area contributed by atoms with Crippen molar-refractivity contribution in [2.75, 3.05) is 6.54 Å². The third-order valence-electron chi connectivity index (χ3n) is 2.40. The van der Waals surface area contributed by atoms with E-state index in [1.54, 1.807) is 6.20 Å². The van der Waals surface area contributed by atoms with Gasteiger partial charge in [0.2, 0.25) is 10.0 Å². The minimum atomic E-state index is -3.56. The van der Waals surface area contributed by atoms with Crippen molar-refractivity contribution in [3.63, 3.8) is 0 Å². The molecule has 0 saturated heterocycles. The van der Waals surface area contributed by atoms with Gasteiger partial charge in [-0.25, -0.2) is 13.1 Å². The van der Waals surface area contributed by atoms with Gasteiger partial charge in [0.05, 0.1) is 29.3 Å². The maximum Gasteiger partial charge on any atom is 0.240 e. The number of nitrogens with one attached hydrogen (secondary N) is 1.